The molecule has 2 aliphatic heterocycles. The van der Waals surface area contributed by atoms with E-state index in [2.05, 4.69) is 25.6 Å². The van der Waals surface area contributed by atoms with E-state index < -0.39 is 11.7 Å². The van der Waals surface area contributed by atoms with Crippen LogP contribution in [-0.2, 0) is 12.6 Å². The van der Waals surface area contributed by atoms with E-state index in [0.717, 1.165) is 32.0 Å². The number of nitrogens with one attached hydrogen (secondary N) is 2. The Labute approximate surface area is 186 Å². The van der Waals surface area contributed by atoms with Gasteiger partial charge < -0.3 is 15.5 Å². The van der Waals surface area contributed by atoms with Crippen LogP contribution in [0, 0.1) is 5.92 Å². The highest BCUT2D eigenvalue weighted by Crippen LogP contribution is 2.40. The first-order valence-corrected chi connectivity index (χ1v) is 11.3. The molecule has 0 spiro atoms. The monoisotopic (exact) mass is 462 g/mol. The van der Waals surface area contributed by atoms with Gasteiger partial charge in [0.25, 0.3) is 5.91 Å². The minimum absolute atomic E-state index is 0.242. The van der Waals surface area contributed by atoms with Gasteiger partial charge in [0.2, 0.25) is 0 Å². The van der Waals surface area contributed by atoms with E-state index in [1.54, 1.807) is 0 Å². The molecule has 1 amide bonds. The number of hydrogen-bond donors (Lipinski definition) is 2. The van der Waals surface area contributed by atoms with E-state index >= 15 is 0 Å². The third kappa shape index (κ3) is 4.02. The first-order chi connectivity index (χ1) is 15.4. The number of halogens is 3. The molecule has 0 unspecified atom stereocenters. The Morgan fingerprint density at radius 3 is 2.84 bits per heavy atom. The zero-order valence-corrected chi connectivity index (χ0v) is 17.9. The topological polar surface area (TPSA) is 83.0 Å². The van der Waals surface area contributed by atoms with Crippen molar-refractivity contribution >= 4 is 39.1 Å². The molecule has 2 aromatic heterocycles. The number of nitrogens with zero attached hydrogens (tertiary/aromatic N) is 4. The van der Waals surface area contributed by atoms with Gasteiger partial charge in [0, 0.05) is 18.8 Å². The molecule has 5 rings (SSSR count). The summed E-state index contributed by atoms with van der Waals surface area (Å²) in [6.45, 7) is 3.01. The van der Waals surface area contributed by atoms with Crippen LogP contribution < -0.4 is 15.5 Å². The van der Waals surface area contributed by atoms with Crippen molar-refractivity contribution in [2.45, 2.75) is 25.4 Å². The van der Waals surface area contributed by atoms with Crippen molar-refractivity contribution in [1.29, 1.82) is 0 Å². The minimum atomic E-state index is -4.38. The van der Waals surface area contributed by atoms with Crippen LogP contribution in [0.25, 0.3) is 10.3 Å². The number of thiazole rings is 1. The summed E-state index contributed by atoms with van der Waals surface area (Å²) in [6.07, 6.45) is -0.455. The number of fused-ring (bicyclic) bond motifs is 2. The second-order valence-electron chi connectivity index (χ2n) is 8.02. The fourth-order valence-electron chi connectivity index (χ4n) is 4.23. The first kappa shape index (κ1) is 21.1. The maximum absolute atomic E-state index is 13.1. The number of benzene rings is 1. The Morgan fingerprint density at radius 1 is 1.25 bits per heavy atom. The molecule has 0 radical (unpaired) electrons. The van der Waals surface area contributed by atoms with Crippen LogP contribution in [0.4, 0.5) is 24.7 Å². The van der Waals surface area contributed by atoms with Crippen LogP contribution in [0.15, 0.2) is 24.5 Å². The number of anilines is 2. The molecule has 0 bridgehead atoms. The summed E-state index contributed by atoms with van der Waals surface area (Å²) in [6, 6.07) is 3.74. The summed E-state index contributed by atoms with van der Waals surface area (Å²) in [7, 11) is 0. The van der Waals surface area contributed by atoms with E-state index in [-0.39, 0.29) is 5.91 Å². The second kappa shape index (κ2) is 8.28. The van der Waals surface area contributed by atoms with Crippen LogP contribution in [-0.4, -0.2) is 47.0 Å². The van der Waals surface area contributed by atoms with Crippen molar-refractivity contribution in [3.8, 4) is 0 Å². The van der Waals surface area contributed by atoms with Crippen molar-refractivity contribution in [3.05, 3.63) is 40.7 Å². The summed E-state index contributed by atoms with van der Waals surface area (Å²) >= 11 is 1.19. The maximum atomic E-state index is 13.1. The Kier molecular flexibility index (Phi) is 5.46. The van der Waals surface area contributed by atoms with Crippen molar-refractivity contribution in [1.82, 2.24) is 25.6 Å². The predicted molar refractivity (Wildman–Crippen MR) is 115 cm³/mol. The highest BCUT2D eigenvalue weighted by atomic mass is 32.1. The molecule has 0 saturated carbocycles. The first-order valence-electron chi connectivity index (χ1n) is 10.5. The number of amides is 1. The van der Waals surface area contributed by atoms with E-state index in [1.165, 1.54) is 29.8 Å². The molecular weight excluding hydrogens is 441 g/mol. The molecule has 168 valence electrons. The second-order valence-corrected chi connectivity index (χ2v) is 8.99. The third-order valence-electron chi connectivity index (χ3n) is 5.94. The lowest BCUT2D eigenvalue weighted by atomic mass is 9.98. The lowest BCUT2D eigenvalue weighted by molar-refractivity contribution is -0.137. The molecule has 3 aromatic rings. The molecule has 0 aliphatic carbocycles. The van der Waals surface area contributed by atoms with Crippen LogP contribution in [0.5, 0.6) is 0 Å². The maximum Gasteiger partial charge on any atom is 0.416 e. The quantitative estimate of drug-likeness (QED) is 0.617. The molecule has 7 nitrogen and oxygen atoms in total. The highest BCUT2D eigenvalue weighted by molar-refractivity contribution is 7.19. The summed E-state index contributed by atoms with van der Waals surface area (Å²) in [5.41, 5.74) is 1.11. The van der Waals surface area contributed by atoms with Crippen molar-refractivity contribution < 1.29 is 18.0 Å². The number of piperidine rings is 1. The van der Waals surface area contributed by atoms with Gasteiger partial charge in [0.05, 0.1) is 5.56 Å². The molecule has 1 aromatic carbocycles. The molecule has 1 saturated heterocycles. The number of aromatic nitrogens is 3. The van der Waals surface area contributed by atoms with E-state index in [1.807, 2.05) is 4.90 Å². The standard InChI is InChI=1S/C21H21F3N6OS/c22-21(23,24)14-1-2-15-13(9-14)5-8-30(15)17-16-19(28-11-27-17)32-20(29-16)18(31)26-10-12-3-6-25-7-4-12/h1-2,9,11-12,25H,3-8,10H2,(H,26,31). The molecule has 0 atom stereocenters. The number of alkyl halides is 3. The zero-order valence-electron chi connectivity index (χ0n) is 17.1. The van der Waals surface area contributed by atoms with Gasteiger partial charge in [-0.25, -0.2) is 15.0 Å². The smallest absolute Gasteiger partial charge is 0.350 e. The van der Waals surface area contributed by atoms with Gasteiger partial charge in [-0.05, 0) is 62.0 Å². The molecule has 2 aliphatic rings. The minimum Gasteiger partial charge on any atom is -0.350 e. The summed E-state index contributed by atoms with van der Waals surface area (Å²) in [5, 5.41) is 6.58. The number of carbonyl (C=O) groups excluding carboxylic acids is 1. The van der Waals surface area contributed by atoms with Crippen LogP contribution in [0.1, 0.15) is 33.8 Å². The molecule has 2 N–H and O–H groups in total. The van der Waals surface area contributed by atoms with E-state index in [4.69, 9.17) is 0 Å². The SMILES string of the molecule is O=C(NCC1CCNCC1)c1nc2c(N3CCc4cc(C(F)(F)F)ccc43)ncnc2s1. The summed E-state index contributed by atoms with van der Waals surface area (Å²) in [4.78, 5) is 28.2. The summed E-state index contributed by atoms with van der Waals surface area (Å²) < 4.78 is 39.2. The van der Waals surface area contributed by atoms with Gasteiger partial charge in [-0.1, -0.05) is 11.3 Å². The Balaban J connectivity index is 1.39. The van der Waals surface area contributed by atoms with Crippen LogP contribution in [0.2, 0.25) is 0 Å². The van der Waals surface area contributed by atoms with Gasteiger partial charge >= 0.3 is 6.18 Å². The zero-order chi connectivity index (χ0) is 22.3. The average molecular weight is 463 g/mol. The van der Waals surface area contributed by atoms with E-state index in [0.29, 0.717) is 57.9 Å². The van der Waals surface area contributed by atoms with Gasteiger partial charge in [0.15, 0.2) is 10.8 Å². The lowest BCUT2D eigenvalue weighted by Crippen LogP contribution is -2.35. The fourth-order valence-corrected chi connectivity index (χ4v) is 5.05. The highest BCUT2D eigenvalue weighted by Gasteiger charge is 2.33. The Morgan fingerprint density at radius 2 is 2.06 bits per heavy atom. The van der Waals surface area contributed by atoms with Crippen molar-refractivity contribution in [2.24, 2.45) is 5.92 Å². The predicted octanol–water partition coefficient (Wildman–Crippen LogP) is 3.53. The molecule has 11 heteroatoms. The van der Waals surface area contributed by atoms with Crippen LogP contribution >= 0.6 is 11.3 Å². The van der Waals surface area contributed by atoms with Gasteiger partial charge in [-0.15, -0.1) is 0 Å². The van der Waals surface area contributed by atoms with Crippen LogP contribution in [0.3, 0.4) is 0 Å². The lowest BCUT2D eigenvalue weighted by Gasteiger charge is -2.22. The number of rotatable bonds is 4. The Bertz CT molecular complexity index is 1160. The molecular formula is C21H21F3N6OS. The summed E-state index contributed by atoms with van der Waals surface area (Å²) in [5.74, 6) is 0.712. The molecule has 1 fully saturated rings. The van der Waals surface area contributed by atoms with Gasteiger partial charge in [-0.2, -0.15) is 13.2 Å². The normalized spacial score (nSPS) is 17.0. The van der Waals surface area contributed by atoms with Crippen molar-refractivity contribution in [3.63, 3.8) is 0 Å². The fraction of sp³-hybridized carbons (Fsp3) is 0.429. The van der Waals surface area contributed by atoms with E-state index in [9.17, 15) is 18.0 Å². The number of hydrogen-bond acceptors (Lipinski definition) is 7. The third-order valence-corrected chi connectivity index (χ3v) is 6.90. The number of carbonyl (C=O) groups is 1. The molecule has 32 heavy (non-hydrogen) atoms. The van der Waals surface area contributed by atoms with Gasteiger partial charge in [0.1, 0.15) is 16.7 Å². The van der Waals surface area contributed by atoms with Crippen molar-refractivity contribution in [2.75, 3.05) is 31.1 Å². The van der Waals surface area contributed by atoms with Gasteiger partial charge in [-0.3, -0.25) is 4.79 Å². The largest absolute Gasteiger partial charge is 0.416 e. The molecule has 4 heterocycles. The average Bonchev–Trinajstić information content (AvgIpc) is 3.41. The Hall–Kier alpha value is -2.79.